The number of phenolic OH excluding ortho intramolecular Hbond substituents is 1. The molecule has 0 atom stereocenters. The summed E-state index contributed by atoms with van der Waals surface area (Å²) in [5, 5.41) is 21.5. The fraction of sp³-hybridized carbons (Fsp3) is 0.207. The van der Waals surface area contributed by atoms with Crippen molar-refractivity contribution in [3.8, 4) is 28.1 Å². The summed E-state index contributed by atoms with van der Waals surface area (Å²) in [6.07, 6.45) is 1.34. The number of rotatable bonds is 4. The maximum Gasteiger partial charge on any atom is 0.246 e. The molecule has 1 aromatic heterocycles. The first-order valence-electron chi connectivity index (χ1n) is 11.9. The summed E-state index contributed by atoms with van der Waals surface area (Å²) in [5.41, 5.74) is 4.28. The molecule has 0 spiro atoms. The largest absolute Gasteiger partial charge is 0.507 e. The van der Waals surface area contributed by atoms with E-state index in [1.807, 2.05) is 50.2 Å². The van der Waals surface area contributed by atoms with Gasteiger partial charge in [0.05, 0.1) is 5.56 Å². The molecule has 0 aliphatic carbocycles. The predicted octanol–water partition coefficient (Wildman–Crippen LogP) is 5.26. The van der Waals surface area contributed by atoms with Gasteiger partial charge in [0.25, 0.3) is 0 Å². The number of nitrogens with zero attached hydrogens (tertiary/aromatic N) is 4. The predicted molar refractivity (Wildman–Crippen MR) is 140 cm³/mol. The molecule has 36 heavy (non-hydrogen) atoms. The van der Waals surface area contributed by atoms with Gasteiger partial charge in [-0.25, -0.2) is 4.39 Å². The lowest BCUT2D eigenvalue weighted by Crippen LogP contribution is -2.48. The molecule has 2 heterocycles. The van der Waals surface area contributed by atoms with E-state index in [-0.39, 0.29) is 17.2 Å². The first kappa shape index (κ1) is 23.5. The highest BCUT2D eigenvalue weighted by Gasteiger charge is 2.25. The molecule has 1 amide bonds. The molecule has 1 saturated heterocycles. The van der Waals surface area contributed by atoms with E-state index in [9.17, 15) is 14.3 Å². The molecule has 1 aliphatic rings. The third-order valence-electron chi connectivity index (χ3n) is 6.83. The number of carbonyl (C=O) groups is 1. The molecule has 6 nitrogen and oxygen atoms in total. The fourth-order valence-corrected chi connectivity index (χ4v) is 4.88. The molecule has 182 valence electrons. The second kappa shape index (κ2) is 9.41. The lowest BCUT2D eigenvalue weighted by molar-refractivity contribution is -0.126. The Morgan fingerprint density at radius 2 is 1.69 bits per heavy atom. The Bertz CT molecular complexity index is 1470. The standard InChI is InChI=1S/C29H27FN4O2/c1-4-26(36)33-12-14-34(15-13-33)29-23-16-19(3)21(27-24(30)10-7-11-25(27)35)17-22(23)28(31-32-29)20-9-6-5-8-18(20)2/h4-11,16-17,35H,1,12-15H2,2-3H3. The van der Waals surface area contributed by atoms with Crippen molar-refractivity contribution in [2.24, 2.45) is 0 Å². The van der Waals surface area contributed by atoms with Crippen LogP contribution in [0.5, 0.6) is 5.75 Å². The number of hydrogen-bond acceptors (Lipinski definition) is 5. The van der Waals surface area contributed by atoms with E-state index in [0.717, 1.165) is 33.3 Å². The van der Waals surface area contributed by atoms with Gasteiger partial charge in [0.15, 0.2) is 5.82 Å². The zero-order valence-electron chi connectivity index (χ0n) is 20.3. The van der Waals surface area contributed by atoms with Gasteiger partial charge in [0.1, 0.15) is 17.3 Å². The Morgan fingerprint density at radius 3 is 2.39 bits per heavy atom. The first-order valence-corrected chi connectivity index (χ1v) is 11.9. The van der Waals surface area contributed by atoms with Crippen molar-refractivity contribution in [2.75, 3.05) is 31.1 Å². The van der Waals surface area contributed by atoms with Crippen molar-refractivity contribution >= 4 is 22.5 Å². The molecule has 0 unspecified atom stereocenters. The highest BCUT2D eigenvalue weighted by molar-refractivity contribution is 6.04. The van der Waals surface area contributed by atoms with Gasteiger partial charge in [-0.05, 0) is 60.9 Å². The van der Waals surface area contributed by atoms with Crippen LogP contribution in [0.25, 0.3) is 33.2 Å². The average molecular weight is 483 g/mol. The van der Waals surface area contributed by atoms with Gasteiger partial charge < -0.3 is 14.9 Å². The molecule has 3 aromatic carbocycles. The summed E-state index contributed by atoms with van der Waals surface area (Å²) in [5.74, 6) is 0.0476. The Kier molecular flexibility index (Phi) is 6.14. The summed E-state index contributed by atoms with van der Waals surface area (Å²) < 4.78 is 14.9. The van der Waals surface area contributed by atoms with Crippen LogP contribution in [0.2, 0.25) is 0 Å². The van der Waals surface area contributed by atoms with E-state index in [0.29, 0.717) is 37.4 Å². The number of carbonyl (C=O) groups excluding carboxylic acids is 1. The molecule has 4 aromatic rings. The van der Waals surface area contributed by atoms with Crippen LogP contribution in [-0.4, -0.2) is 52.3 Å². The molecule has 0 radical (unpaired) electrons. The number of hydrogen-bond donors (Lipinski definition) is 1. The molecule has 7 heteroatoms. The lowest BCUT2D eigenvalue weighted by Gasteiger charge is -2.35. The third-order valence-corrected chi connectivity index (χ3v) is 6.83. The normalized spacial score (nSPS) is 13.8. The van der Waals surface area contributed by atoms with E-state index < -0.39 is 5.82 Å². The van der Waals surface area contributed by atoms with Crippen LogP contribution in [0.15, 0.2) is 67.3 Å². The zero-order chi connectivity index (χ0) is 25.4. The van der Waals surface area contributed by atoms with Gasteiger partial charge in [0.2, 0.25) is 5.91 Å². The minimum atomic E-state index is -0.486. The first-order chi connectivity index (χ1) is 17.4. The van der Waals surface area contributed by atoms with Crippen LogP contribution < -0.4 is 4.90 Å². The lowest BCUT2D eigenvalue weighted by atomic mass is 9.93. The number of amides is 1. The number of aromatic nitrogens is 2. The number of anilines is 1. The molecular weight excluding hydrogens is 455 g/mol. The monoisotopic (exact) mass is 482 g/mol. The second-order valence-electron chi connectivity index (χ2n) is 9.05. The molecule has 1 fully saturated rings. The van der Waals surface area contributed by atoms with Gasteiger partial charge >= 0.3 is 0 Å². The Labute approximate surface area is 209 Å². The van der Waals surface area contributed by atoms with E-state index in [4.69, 9.17) is 0 Å². The highest BCUT2D eigenvalue weighted by atomic mass is 19.1. The van der Waals surface area contributed by atoms with Crippen molar-refractivity contribution in [1.29, 1.82) is 0 Å². The van der Waals surface area contributed by atoms with Gasteiger partial charge in [-0.2, -0.15) is 0 Å². The quantitative estimate of drug-likeness (QED) is 0.402. The molecular formula is C29H27FN4O2. The van der Waals surface area contributed by atoms with Crippen molar-refractivity contribution in [2.45, 2.75) is 13.8 Å². The number of piperazine rings is 1. The van der Waals surface area contributed by atoms with E-state index in [1.54, 1.807) is 4.90 Å². The fourth-order valence-electron chi connectivity index (χ4n) is 4.88. The van der Waals surface area contributed by atoms with Crippen LogP contribution >= 0.6 is 0 Å². The van der Waals surface area contributed by atoms with Gasteiger partial charge in [-0.15, -0.1) is 10.2 Å². The van der Waals surface area contributed by atoms with Crippen molar-refractivity contribution in [3.05, 3.63) is 84.2 Å². The van der Waals surface area contributed by atoms with Crippen LogP contribution in [0.4, 0.5) is 10.2 Å². The summed E-state index contributed by atoms with van der Waals surface area (Å²) in [6.45, 7) is 9.86. The molecule has 0 saturated carbocycles. The number of fused-ring (bicyclic) bond motifs is 1. The number of halogens is 1. The smallest absolute Gasteiger partial charge is 0.246 e. The molecule has 1 N–H and O–H groups in total. The van der Waals surface area contributed by atoms with Crippen LogP contribution in [0, 0.1) is 19.7 Å². The van der Waals surface area contributed by atoms with E-state index in [1.165, 1.54) is 24.3 Å². The highest BCUT2D eigenvalue weighted by Crippen LogP contribution is 2.40. The van der Waals surface area contributed by atoms with Gasteiger partial charge in [-0.3, -0.25) is 4.79 Å². The Hall–Kier alpha value is -4.26. The van der Waals surface area contributed by atoms with Crippen LogP contribution in [0.1, 0.15) is 11.1 Å². The number of aryl methyl sites for hydroxylation is 2. The molecule has 1 aliphatic heterocycles. The second-order valence-corrected chi connectivity index (χ2v) is 9.05. The maximum atomic E-state index is 14.9. The molecule has 0 bridgehead atoms. The third kappa shape index (κ3) is 4.06. The maximum absolute atomic E-state index is 14.9. The number of aromatic hydroxyl groups is 1. The van der Waals surface area contributed by atoms with Crippen LogP contribution in [0.3, 0.4) is 0 Å². The average Bonchev–Trinajstić information content (AvgIpc) is 2.88. The van der Waals surface area contributed by atoms with E-state index >= 15 is 0 Å². The van der Waals surface area contributed by atoms with Crippen molar-refractivity contribution in [1.82, 2.24) is 15.1 Å². The minimum absolute atomic E-state index is 0.0781. The Morgan fingerprint density at radius 1 is 0.944 bits per heavy atom. The van der Waals surface area contributed by atoms with Crippen molar-refractivity contribution < 1.29 is 14.3 Å². The van der Waals surface area contributed by atoms with Gasteiger partial charge in [-0.1, -0.05) is 36.9 Å². The topological polar surface area (TPSA) is 69.6 Å². The van der Waals surface area contributed by atoms with Crippen molar-refractivity contribution in [3.63, 3.8) is 0 Å². The summed E-state index contributed by atoms with van der Waals surface area (Å²) in [7, 11) is 0. The summed E-state index contributed by atoms with van der Waals surface area (Å²) >= 11 is 0. The summed E-state index contributed by atoms with van der Waals surface area (Å²) in [6, 6.07) is 16.2. The SMILES string of the molecule is C=CC(=O)N1CCN(c2nnc(-c3ccccc3C)c3cc(-c4c(O)cccc4F)c(C)cc23)CC1. The Balaban J connectivity index is 1.70. The molecule has 5 rings (SSSR count). The number of phenols is 1. The number of benzene rings is 3. The van der Waals surface area contributed by atoms with Crippen LogP contribution in [-0.2, 0) is 4.79 Å². The van der Waals surface area contributed by atoms with E-state index in [2.05, 4.69) is 21.7 Å². The zero-order valence-corrected chi connectivity index (χ0v) is 20.3. The summed E-state index contributed by atoms with van der Waals surface area (Å²) in [4.78, 5) is 15.9. The minimum Gasteiger partial charge on any atom is -0.507 e. The van der Waals surface area contributed by atoms with Gasteiger partial charge in [0, 0.05) is 42.5 Å².